The molecule has 24 heavy (non-hydrogen) atoms. The lowest BCUT2D eigenvalue weighted by Crippen LogP contribution is -2.13. The zero-order valence-electron chi connectivity index (χ0n) is 13.3. The molecular weight excluding hydrogens is 320 g/mol. The highest BCUT2D eigenvalue weighted by Crippen LogP contribution is 2.27. The number of nitrogens with zero attached hydrogens (tertiary/aromatic N) is 3. The first-order valence-electron chi connectivity index (χ1n) is 8.03. The van der Waals surface area contributed by atoms with Crippen LogP contribution < -0.4 is 5.32 Å². The molecule has 5 nitrogen and oxygen atoms in total. The summed E-state index contributed by atoms with van der Waals surface area (Å²) in [4.78, 5) is 20.7. The second-order valence-corrected chi connectivity index (χ2v) is 6.71. The van der Waals surface area contributed by atoms with Crippen LogP contribution in [-0.4, -0.2) is 21.6 Å². The lowest BCUT2D eigenvalue weighted by atomic mass is 9.95. The summed E-state index contributed by atoms with van der Waals surface area (Å²) in [6.07, 6.45) is 6.30. The molecule has 122 valence electrons. The maximum absolute atomic E-state index is 11.9. The van der Waals surface area contributed by atoms with Crippen LogP contribution in [0, 0.1) is 11.3 Å². The molecule has 3 rings (SSSR count). The Bertz CT molecular complexity index is 771. The van der Waals surface area contributed by atoms with Crippen LogP contribution in [0.1, 0.15) is 36.1 Å². The standard InChI is InChI=1S/C18H18N4OS/c19-12-14-11-13-5-1-2-6-15(13)21-18(14)24-10-8-17(23)22-16-7-3-4-9-20-16/h3-4,7,9,11H,1-2,5-6,8,10H2,(H,20,22,23). The Balaban J connectivity index is 1.58. The number of pyridine rings is 2. The fourth-order valence-electron chi connectivity index (χ4n) is 2.69. The fourth-order valence-corrected chi connectivity index (χ4v) is 3.60. The molecule has 0 saturated heterocycles. The highest BCUT2D eigenvalue weighted by atomic mass is 32.2. The Morgan fingerprint density at radius 3 is 3.00 bits per heavy atom. The van der Waals surface area contributed by atoms with Gasteiger partial charge in [-0.2, -0.15) is 5.26 Å². The van der Waals surface area contributed by atoms with Crippen LogP contribution in [0.15, 0.2) is 35.5 Å². The highest BCUT2D eigenvalue weighted by Gasteiger charge is 2.15. The Morgan fingerprint density at radius 2 is 2.21 bits per heavy atom. The number of aryl methyl sites for hydroxylation is 2. The lowest BCUT2D eigenvalue weighted by molar-refractivity contribution is -0.115. The number of carbonyl (C=O) groups is 1. The highest BCUT2D eigenvalue weighted by molar-refractivity contribution is 7.99. The van der Waals surface area contributed by atoms with Crippen LogP contribution in [-0.2, 0) is 17.6 Å². The number of amides is 1. The van der Waals surface area contributed by atoms with Gasteiger partial charge in [0.15, 0.2) is 0 Å². The van der Waals surface area contributed by atoms with Crippen molar-refractivity contribution >= 4 is 23.5 Å². The van der Waals surface area contributed by atoms with Crippen LogP contribution in [0.4, 0.5) is 5.82 Å². The van der Waals surface area contributed by atoms with Gasteiger partial charge in [-0.3, -0.25) is 4.79 Å². The zero-order valence-corrected chi connectivity index (χ0v) is 14.1. The summed E-state index contributed by atoms with van der Waals surface area (Å²) < 4.78 is 0. The number of fused-ring (bicyclic) bond motifs is 1. The average Bonchev–Trinajstić information content (AvgIpc) is 2.62. The largest absolute Gasteiger partial charge is 0.311 e. The first-order chi connectivity index (χ1) is 11.8. The van der Waals surface area contributed by atoms with E-state index in [1.54, 1.807) is 18.3 Å². The molecule has 0 fully saturated rings. The van der Waals surface area contributed by atoms with E-state index in [1.165, 1.54) is 23.7 Å². The summed E-state index contributed by atoms with van der Waals surface area (Å²) in [6, 6.07) is 9.58. The molecule has 2 heterocycles. The second kappa shape index (κ2) is 7.93. The Labute approximate surface area is 145 Å². The van der Waals surface area contributed by atoms with Crippen molar-refractivity contribution in [1.29, 1.82) is 5.26 Å². The topological polar surface area (TPSA) is 78.7 Å². The number of carbonyl (C=O) groups excluding carboxylic acids is 1. The van der Waals surface area contributed by atoms with Crippen LogP contribution in [0.5, 0.6) is 0 Å². The fraction of sp³-hybridized carbons (Fsp3) is 0.333. The van der Waals surface area contributed by atoms with Crippen LogP contribution in [0.2, 0.25) is 0 Å². The van der Waals surface area contributed by atoms with Crippen molar-refractivity contribution in [3.8, 4) is 6.07 Å². The number of anilines is 1. The molecule has 1 N–H and O–H groups in total. The van der Waals surface area contributed by atoms with Gasteiger partial charge in [0, 0.05) is 24.1 Å². The molecule has 1 aliphatic carbocycles. The third-order valence-electron chi connectivity index (χ3n) is 3.89. The first-order valence-corrected chi connectivity index (χ1v) is 9.01. The summed E-state index contributed by atoms with van der Waals surface area (Å²) in [5.41, 5.74) is 2.93. The van der Waals surface area contributed by atoms with Gasteiger partial charge in [0.05, 0.1) is 5.56 Å². The van der Waals surface area contributed by atoms with E-state index in [1.807, 2.05) is 12.1 Å². The van der Waals surface area contributed by atoms with Gasteiger partial charge in [0.2, 0.25) is 5.91 Å². The van der Waals surface area contributed by atoms with Gasteiger partial charge in [-0.1, -0.05) is 6.07 Å². The van der Waals surface area contributed by atoms with Gasteiger partial charge in [-0.25, -0.2) is 9.97 Å². The normalized spacial score (nSPS) is 13.0. The summed E-state index contributed by atoms with van der Waals surface area (Å²) in [7, 11) is 0. The predicted molar refractivity (Wildman–Crippen MR) is 93.8 cm³/mol. The second-order valence-electron chi connectivity index (χ2n) is 5.63. The SMILES string of the molecule is N#Cc1cc2c(nc1SCCC(=O)Nc1ccccn1)CCCC2. The van der Waals surface area contributed by atoms with Crippen molar-refractivity contribution < 1.29 is 4.79 Å². The molecule has 2 aromatic rings. The molecule has 0 unspecified atom stereocenters. The van der Waals surface area contributed by atoms with E-state index in [-0.39, 0.29) is 5.91 Å². The van der Waals surface area contributed by atoms with E-state index in [9.17, 15) is 10.1 Å². The lowest BCUT2D eigenvalue weighted by Gasteiger charge is -2.16. The zero-order chi connectivity index (χ0) is 16.8. The molecular formula is C18H18N4OS. The Morgan fingerprint density at radius 1 is 1.33 bits per heavy atom. The molecule has 0 aliphatic heterocycles. The number of aromatic nitrogens is 2. The van der Waals surface area contributed by atoms with Crippen molar-refractivity contribution in [3.63, 3.8) is 0 Å². The molecule has 0 aromatic carbocycles. The van der Waals surface area contributed by atoms with Gasteiger partial charge in [-0.15, -0.1) is 11.8 Å². The molecule has 0 atom stereocenters. The van der Waals surface area contributed by atoms with Crippen molar-refractivity contribution in [2.45, 2.75) is 37.1 Å². The van der Waals surface area contributed by atoms with E-state index >= 15 is 0 Å². The molecule has 1 aliphatic rings. The number of thioether (sulfide) groups is 1. The van der Waals surface area contributed by atoms with E-state index in [4.69, 9.17) is 0 Å². The van der Waals surface area contributed by atoms with Crippen LogP contribution >= 0.6 is 11.8 Å². The van der Waals surface area contributed by atoms with Crippen molar-refractivity contribution in [2.75, 3.05) is 11.1 Å². The minimum Gasteiger partial charge on any atom is -0.311 e. The monoisotopic (exact) mass is 338 g/mol. The van der Waals surface area contributed by atoms with Gasteiger partial charge in [0.25, 0.3) is 0 Å². The Kier molecular flexibility index (Phi) is 5.44. The molecule has 0 saturated carbocycles. The van der Waals surface area contributed by atoms with Crippen molar-refractivity contribution in [3.05, 3.63) is 47.3 Å². The first kappa shape index (κ1) is 16.5. The van der Waals surface area contributed by atoms with Crippen molar-refractivity contribution in [2.24, 2.45) is 0 Å². The molecule has 0 spiro atoms. The van der Waals surface area contributed by atoms with E-state index in [2.05, 4.69) is 21.4 Å². The number of hydrogen-bond donors (Lipinski definition) is 1. The quantitative estimate of drug-likeness (QED) is 0.846. The number of hydrogen-bond acceptors (Lipinski definition) is 5. The minimum absolute atomic E-state index is 0.0855. The van der Waals surface area contributed by atoms with Crippen LogP contribution in [0.25, 0.3) is 0 Å². The molecule has 6 heteroatoms. The number of nitriles is 1. The smallest absolute Gasteiger partial charge is 0.226 e. The summed E-state index contributed by atoms with van der Waals surface area (Å²) in [5, 5.41) is 12.8. The summed E-state index contributed by atoms with van der Waals surface area (Å²) in [6.45, 7) is 0. The Hall–Kier alpha value is -2.39. The number of nitrogens with one attached hydrogen (secondary N) is 1. The van der Waals surface area contributed by atoms with Crippen LogP contribution in [0.3, 0.4) is 0 Å². The maximum Gasteiger partial charge on any atom is 0.226 e. The van der Waals surface area contributed by atoms with Gasteiger partial charge < -0.3 is 5.32 Å². The van der Waals surface area contributed by atoms with E-state index in [0.29, 0.717) is 23.6 Å². The third-order valence-corrected chi connectivity index (χ3v) is 4.88. The van der Waals surface area contributed by atoms with E-state index in [0.717, 1.165) is 30.0 Å². The number of rotatable bonds is 5. The minimum atomic E-state index is -0.0855. The maximum atomic E-state index is 11.9. The summed E-state index contributed by atoms with van der Waals surface area (Å²) >= 11 is 1.47. The summed E-state index contributed by atoms with van der Waals surface area (Å²) in [5.74, 6) is 1.05. The molecule has 0 bridgehead atoms. The molecule has 2 aromatic heterocycles. The predicted octanol–water partition coefficient (Wildman–Crippen LogP) is 3.35. The van der Waals surface area contributed by atoms with E-state index < -0.39 is 0 Å². The van der Waals surface area contributed by atoms with Gasteiger partial charge in [0.1, 0.15) is 16.9 Å². The van der Waals surface area contributed by atoms with Gasteiger partial charge >= 0.3 is 0 Å². The third kappa shape index (κ3) is 4.12. The molecule has 1 amide bonds. The average molecular weight is 338 g/mol. The van der Waals surface area contributed by atoms with Crippen molar-refractivity contribution in [1.82, 2.24) is 9.97 Å². The van der Waals surface area contributed by atoms with Gasteiger partial charge in [-0.05, 0) is 49.4 Å². The molecule has 0 radical (unpaired) electrons.